The van der Waals surface area contributed by atoms with Gasteiger partial charge in [0.2, 0.25) is 5.91 Å². The second kappa shape index (κ2) is 4.53. The summed E-state index contributed by atoms with van der Waals surface area (Å²) in [6.45, 7) is 3.67. The van der Waals surface area contributed by atoms with Crippen molar-refractivity contribution in [2.45, 2.75) is 18.8 Å². The summed E-state index contributed by atoms with van der Waals surface area (Å²) in [7, 11) is 1.54. The molecule has 1 aliphatic rings. The first-order valence-electron chi connectivity index (χ1n) is 5.68. The minimum Gasteiger partial charge on any atom is -0.281 e. The molecule has 3 heteroatoms. The Hall–Kier alpha value is -1.90. The maximum Gasteiger partial charge on any atom is 0.260 e. The highest BCUT2D eigenvalue weighted by Gasteiger charge is 2.35. The van der Waals surface area contributed by atoms with Crippen molar-refractivity contribution in [3.05, 3.63) is 48.0 Å². The van der Waals surface area contributed by atoms with E-state index in [1.165, 1.54) is 4.90 Å². The van der Waals surface area contributed by atoms with Gasteiger partial charge in [0.25, 0.3) is 5.91 Å². The van der Waals surface area contributed by atoms with Gasteiger partial charge >= 0.3 is 0 Å². The predicted octanol–water partition coefficient (Wildman–Crippen LogP) is 2.35. The SMILES string of the molecule is C=CCCC1C(=O)N(C)C(=O)c2ccccc21. The van der Waals surface area contributed by atoms with Crippen LogP contribution in [0.3, 0.4) is 0 Å². The van der Waals surface area contributed by atoms with Crippen LogP contribution in [0.5, 0.6) is 0 Å². The molecule has 2 amide bonds. The summed E-state index contributed by atoms with van der Waals surface area (Å²) < 4.78 is 0. The Morgan fingerprint density at radius 2 is 2.06 bits per heavy atom. The smallest absolute Gasteiger partial charge is 0.260 e. The third-order valence-corrected chi connectivity index (χ3v) is 3.16. The number of carbonyl (C=O) groups is 2. The quantitative estimate of drug-likeness (QED) is 0.589. The van der Waals surface area contributed by atoms with Crippen LogP contribution in [0.1, 0.15) is 34.7 Å². The molecule has 0 saturated carbocycles. The Morgan fingerprint density at radius 3 is 2.76 bits per heavy atom. The zero-order valence-electron chi connectivity index (χ0n) is 9.85. The Kier molecular flexibility index (Phi) is 3.09. The van der Waals surface area contributed by atoms with Crippen molar-refractivity contribution in [1.82, 2.24) is 4.90 Å². The molecule has 0 spiro atoms. The number of allylic oxidation sites excluding steroid dienone is 1. The highest BCUT2D eigenvalue weighted by Crippen LogP contribution is 2.31. The van der Waals surface area contributed by atoms with Crippen molar-refractivity contribution < 1.29 is 9.59 Å². The summed E-state index contributed by atoms with van der Waals surface area (Å²) in [5.41, 5.74) is 1.49. The minimum atomic E-state index is -0.216. The molecule has 0 saturated heterocycles. The maximum atomic E-state index is 12.1. The molecule has 0 aliphatic carbocycles. The third-order valence-electron chi connectivity index (χ3n) is 3.16. The van der Waals surface area contributed by atoms with E-state index in [0.717, 1.165) is 12.0 Å². The van der Waals surface area contributed by atoms with Crippen molar-refractivity contribution in [2.75, 3.05) is 7.05 Å². The fraction of sp³-hybridized carbons (Fsp3) is 0.286. The number of nitrogens with zero attached hydrogens (tertiary/aromatic N) is 1. The van der Waals surface area contributed by atoms with Crippen LogP contribution in [0.25, 0.3) is 0 Å². The minimum absolute atomic E-state index is 0.115. The zero-order valence-corrected chi connectivity index (χ0v) is 9.85. The molecule has 2 rings (SSSR count). The number of benzene rings is 1. The van der Waals surface area contributed by atoms with Gasteiger partial charge < -0.3 is 0 Å². The molecule has 3 nitrogen and oxygen atoms in total. The van der Waals surface area contributed by atoms with Gasteiger partial charge in [-0.25, -0.2) is 0 Å². The van der Waals surface area contributed by atoms with Gasteiger partial charge in [-0.3, -0.25) is 14.5 Å². The van der Waals surface area contributed by atoms with Crippen molar-refractivity contribution in [2.24, 2.45) is 0 Å². The Balaban J connectivity index is 2.45. The second-order valence-electron chi connectivity index (χ2n) is 4.21. The highest BCUT2D eigenvalue weighted by molar-refractivity contribution is 6.11. The maximum absolute atomic E-state index is 12.1. The molecular formula is C14H15NO2. The number of likely N-dealkylation sites (N-methyl/N-ethyl adjacent to an activating group) is 1. The standard InChI is InChI=1S/C14H15NO2/c1-3-4-7-11-10-8-5-6-9-12(10)14(17)15(2)13(11)16/h3,5-6,8-9,11H,1,4,7H2,2H3. The number of rotatable bonds is 3. The van der Waals surface area contributed by atoms with E-state index in [-0.39, 0.29) is 17.7 Å². The summed E-state index contributed by atoms with van der Waals surface area (Å²) in [5.74, 6) is -0.539. The molecule has 1 atom stereocenters. The first-order chi connectivity index (χ1) is 8.16. The van der Waals surface area contributed by atoms with E-state index in [1.807, 2.05) is 18.2 Å². The topological polar surface area (TPSA) is 37.4 Å². The molecule has 1 heterocycles. The molecule has 0 bridgehead atoms. The van der Waals surface area contributed by atoms with E-state index >= 15 is 0 Å². The van der Waals surface area contributed by atoms with E-state index in [4.69, 9.17) is 0 Å². The molecule has 1 unspecified atom stereocenters. The van der Waals surface area contributed by atoms with E-state index in [1.54, 1.807) is 19.2 Å². The molecular weight excluding hydrogens is 214 g/mol. The van der Waals surface area contributed by atoms with Gasteiger partial charge in [-0.05, 0) is 24.5 Å². The molecule has 1 aromatic rings. The molecule has 88 valence electrons. The monoisotopic (exact) mass is 229 g/mol. The van der Waals surface area contributed by atoms with Crippen LogP contribution in [0.15, 0.2) is 36.9 Å². The summed E-state index contributed by atoms with van der Waals surface area (Å²) >= 11 is 0. The summed E-state index contributed by atoms with van der Waals surface area (Å²) in [6, 6.07) is 7.34. The molecule has 1 aromatic carbocycles. The van der Waals surface area contributed by atoms with Gasteiger partial charge in [0, 0.05) is 12.6 Å². The second-order valence-corrected chi connectivity index (χ2v) is 4.21. The number of hydrogen-bond donors (Lipinski definition) is 0. The van der Waals surface area contributed by atoms with Crippen molar-refractivity contribution >= 4 is 11.8 Å². The fourth-order valence-corrected chi connectivity index (χ4v) is 2.21. The van der Waals surface area contributed by atoms with E-state index in [2.05, 4.69) is 6.58 Å². The van der Waals surface area contributed by atoms with Crippen LogP contribution >= 0.6 is 0 Å². The van der Waals surface area contributed by atoms with Gasteiger partial charge in [-0.15, -0.1) is 6.58 Å². The summed E-state index contributed by atoms with van der Waals surface area (Å²) in [6.07, 6.45) is 3.27. The van der Waals surface area contributed by atoms with Gasteiger partial charge in [-0.1, -0.05) is 24.3 Å². The Morgan fingerprint density at radius 1 is 1.35 bits per heavy atom. The molecule has 1 aliphatic heterocycles. The molecule has 0 N–H and O–H groups in total. The van der Waals surface area contributed by atoms with Crippen LogP contribution < -0.4 is 0 Å². The van der Waals surface area contributed by atoms with E-state index in [9.17, 15) is 9.59 Å². The van der Waals surface area contributed by atoms with Gasteiger partial charge in [0.05, 0.1) is 5.92 Å². The highest BCUT2D eigenvalue weighted by atomic mass is 16.2. The predicted molar refractivity (Wildman–Crippen MR) is 65.7 cm³/mol. The zero-order chi connectivity index (χ0) is 12.4. The number of hydrogen-bond acceptors (Lipinski definition) is 2. The summed E-state index contributed by atoms with van der Waals surface area (Å²) in [5, 5.41) is 0. The van der Waals surface area contributed by atoms with Gasteiger partial charge in [-0.2, -0.15) is 0 Å². The lowest BCUT2D eigenvalue weighted by Gasteiger charge is -2.29. The van der Waals surface area contributed by atoms with Crippen molar-refractivity contribution in [3.63, 3.8) is 0 Å². The van der Waals surface area contributed by atoms with E-state index < -0.39 is 0 Å². The molecule has 0 radical (unpaired) electrons. The molecule has 0 fully saturated rings. The number of fused-ring (bicyclic) bond motifs is 1. The largest absolute Gasteiger partial charge is 0.281 e. The van der Waals surface area contributed by atoms with Crippen LogP contribution in [0.2, 0.25) is 0 Å². The Labute approximate surface area is 101 Å². The lowest BCUT2D eigenvalue weighted by molar-refractivity contribution is -0.129. The van der Waals surface area contributed by atoms with E-state index in [0.29, 0.717) is 12.0 Å². The van der Waals surface area contributed by atoms with Crippen LogP contribution in [-0.2, 0) is 4.79 Å². The van der Waals surface area contributed by atoms with Crippen LogP contribution in [0, 0.1) is 0 Å². The molecule has 0 aromatic heterocycles. The lowest BCUT2D eigenvalue weighted by atomic mass is 9.86. The van der Waals surface area contributed by atoms with Gasteiger partial charge in [0.15, 0.2) is 0 Å². The fourth-order valence-electron chi connectivity index (χ4n) is 2.21. The van der Waals surface area contributed by atoms with Crippen LogP contribution in [-0.4, -0.2) is 23.8 Å². The number of carbonyl (C=O) groups excluding carboxylic acids is 2. The summed E-state index contributed by atoms with van der Waals surface area (Å²) in [4.78, 5) is 25.2. The Bertz CT molecular complexity index is 479. The molecule has 17 heavy (non-hydrogen) atoms. The first-order valence-corrected chi connectivity index (χ1v) is 5.68. The van der Waals surface area contributed by atoms with Crippen molar-refractivity contribution in [3.8, 4) is 0 Å². The lowest BCUT2D eigenvalue weighted by Crippen LogP contribution is -2.42. The first kappa shape index (κ1) is 11.6. The average molecular weight is 229 g/mol. The third kappa shape index (κ3) is 1.88. The van der Waals surface area contributed by atoms with Gasteiger partial charge in [0.1, 0.15) is 0 Å². The van der Waals surface area contributed by atoms with Crippen molar-refractivity contribution in [1.29, 1.82) is 0 Å². The van der Waals surface area contributed by atoms with Crippen LogP contribution in [0.4, 0.5) is 0 Å². The number of imide groups is 1. The average Bonchev–Trinajstić information content (AvgIpc) is 2.36. The normalized spacial score (nSPS) is 19.1. The number of amides is 2.